The summed E-state index contributed by atoms with van der Waals surface area (Å²) in [7, 11) is 0. The van der Waals surface area contributed by atoms with Gasteiger partial charge in [0.1, 0.15) is 13.3 Å². The standard InChI is InChI=1S/C12H15N5O4/c1-2-3-8(18)21-5-4-20-7-17-6-14-9-10(17)15-12(13)16-11(9)19/h2-3,6H,4-5,7H2,1H3,(H3,13,15,16,19). The summed E-state index contributed by atoms with van der Waals surface area (Å²) in [5.41, 5.74) is 5.60. The largest absolute Gasteiger partial charge is 0.460 e. The molecule has 0 amide bonds. The monoisotopic (exact) mass is 293 g/mol. The van der Waals surface area contributed by atoms with E-state index in [0.29, 0.717) is 5.65 Å². The topological polar surface area (TPSA) is 125 Å². The van der Waals surface area contributed by atoms with Crippen LogP contribution in [-0.2, 0) is 21.0 Å². The van der Waals surface area contributed by atoms with E-state index >= 15 is 0 Å². The average Bonchev–Trinajstić information content (AvgIpc) is 2.82. The number of anilines is 1. The van der Waals surface area contributed by atoms with Gasteiger partial charge in [0.15, 0.2) is 11.2 Å². The number of nitrogens with zero attached hydrogens (tertiary/aromatic N) is 3. The molecule has 21 heavy (non-hydrogen) atoms. The third-order valence-corrected chi connectivity index (χ3v) is 2.50. The second-order valence-corrected chi connectivity index (χ2v) is 4.04. The molecule has 2 rings (SSSR count). The molecule has 3 N–H and O–H groups in total. The Labute approximate surface area is 119 Å². The van der Waals surface area contributed by atoms with E-state index < -0.39 is 11.5 Å². The number of fused-ring (bicyclic) bond motifs is 1. The van der Waals surface area contributed by atoms with Gasteiger partial charge < -0.3 is 15.2 Å². The zero-order valence-electron chi connectivity index (χ0n) is 11.4. The maximum absolute atomic E-state index is 11.6. The van der Waals surface area contributed by atoms with Crippen LogP contribution in [-0.4, -0.2) is 38.7 Å². The zero-order valence-corrected chi connectivity index (χ0v) is 11.4. The van der Waals surface area contributed by atoms with Crippen molar-refractivity contribution in [1.82, 2.24) is 19.5 Å². The Morgan fingerprint density at radius 2 is 2.33 bits per heavy atom. The van der Waals surface area contributed by atoms with E-state index in [1.165, 1.54) is 17.0 Å². The molecule has 2 aromatic rings. The molecule has 0 spiro atoms. The molecule has 2 heterocycles. The van der Waals surface area contributed by atoms with Gasteiger partial charge in [0.2, 0.25) is 5.95 Å². The number of imidazole rings is 1. The van der Waals surface area contributed by atoms with Crippen LogP contribution in [0.5, 0.6) is 0 Å². The molecule has 0 bridgehead atoms. The van der Waals surface area contributed by atoms with Crippen molar-refractivity contribution in [3.63, 3.8) is 0 Å². The molecule has 0 fully saturated rings. The summed E-state index contributed by atoms with van der Waals surface area (Å²) >= 11 is 0. The molecule has 0 aliphatic rings. The zero-order chi connectivity index (χ0) is 15.2. The second kappa shape index (κ2) is 6.66. The van der Waals surface area contributed by atoms with Crippen LogP contribution in [0.15, 0.2) is 23.3 Å². The second-order valence-electron chi connectivity index (χ2n) is 4.04. The van der Waals surface area contributed by atoms with Gasteiger partial charge in [0.05, 0.1) is 12.9 Å². The lowest BCUT2D eigenvalue weighted by Crippen LogP contribution is -2.13. The van der Waals surface area contributed by atoms with Crippen molar-refractivity contribution in [2.24, 2.45) is 0 Å². The highest BCUT2D eigenvalue weighted by atomic mass is 16.6. The SMILES string of the molecule is CC=CC(=O)OCCOCn1cnc2c(=O)[nH]c(N)nc21. The number of rotatable bonds is 6. The van der Waals surface area contributed by atoms with Gasteiger partial charge in [-0.2, -0.15) is 4.98 Å². The van der Waals surface area contributed by atoms with E-state index in [4.69, 9.17) is 15.2 Å². The Balaban J connectivity index is 1.90. The van der Waals surface area contributed by atoms with E-state index in [1.54, 1.807) is 13.0 Å². The summed E-state index contributed by atoms with van der Waals surface area (Å²) in [6.07, 6.45) is 4.34. The number of hydrogen-bond acceptors (Lipinski definition) is 7. The van der Waals surface area contributed by atoms with Crippen molar-refractivity contribution in [2.45, 2.75) is 13.7 Å². The number of ether oxygens (including phenoxy) is 2. The van der Waals surface area contributed by atoms with Crippen molar-refractivity contribution >= 4 is 23.1 Å². The van der Waals surface area contributed by atoms with Crippen LogP contribution >= 0.6 is 0 Å². The summed E-state index contributed by atoms with van der Waals surface area (Å²) in [5.74, 6) is -0.412. The van der Waals surface area contributed by atoms with Crippen LogP contribution < -0.4 is 11.3 Å². The number of H-pyrrole nitrogens is 1. The molecule has 0 aliphatic carbocycles. The van der Waals surface area contributed by atoms with Crippen LogP contribution in [0, 0.1) is 0 Å². The van der Waals surface area contributed by atoms with Gasteiger partial charge in [-0.1, -0.05) is 6.08 Å². The highest BCUT2D eigenvalue weighted by Gasteiger charge is 2.08. The molecular weight excluding hydrogens is 278 g/mol. The van der Waals surface area contributed by atoms with E-state index in [0.717, 1.165) is 0 Å². The maximum atomic E-state index is 11.6. The quantitative estimate of drug-likeness (QED) is 0.429. The molecule has 9 nitrogen and oxygen atoms in total. The van der Waals surface area contributed by atoms with Crippen LogP contribution in [0.2, 0.25) is 0 Å². The van der Waals surface area contributed by atoms with E-state index in [1.807, 2.05) is 0 Å². The smallest absolute Gasteiger partial charge is 0.330 e. The van der Waals surface area contributed by atoms with Crippen molar-refractivity contribution in [3.8, 4) is 0 Å². The number of nitrogens with two attached hydrogens (primary N) is 1. The molecule has 0 unspecified atom stereocenters. The summed E-state index contributed by atoms with van der Waals surface area (Å²) in [6.45, 7) is 2.18. The van der Waals surface area contributed by atoms with Gasteiger partial charge in [-0.25, -0.2) is 9.78 Å². The minimum absolute atomic E-state index is 0.00883. The number of carbonyl (C=O) groups is 1. The first-order chi connectivity index (χ1) is 10.1. The third kappa shape index (κ3) is 3.66. The first-order valence-corrected chi connectivity index (χ1v) is 6.19. The first kappa shape index (κ1) is 14.7. The number of carbonyl (C=O) groups excluding carboxylic acids is 1. The molecule has 9 heteroatoms. The van der Waals surface area contributed by atoms with Crippen molar-refractivity contribution in [2.75, 3.05) is 18.9 Å². The number of nitrogens with one attached hydrogen (secondary N) is 1. The number of allylic oxidation sites excluding steroid dienone is 1. The van der Waals surface area contributed by atoms with Gasteiger partial charge in [0, 0.05) is 6.08 Å². The van der Waals surface area contributed by atoms with Crippen LogP contribution in [0.1, 0.15) is 6.92 Å². The van der Waals surface area contributed by atoms with Gasteiger partial charge in [-0.05, 0) is 6.92 Å². The summed E-state index contributed by atoms with van der Waals surface area (Å²) in [5, 5.41) is 0. The van der Waals surface area contributed by atoms with E-state index in [9.17, 15) is 9.59 Å². The lowest BCUT2D eigenvalue weighted by molar-refractivity contribution is -0.139. The Bertz CT molecular complexity index is 718. The summed E-state index contributed by atoms with van der Waals surface area (Å²) in [6, 6.07) is 0. The number of hydrogen-bond donors (Lipinski definition) is 2. The van der Waals surface area contributed by atoms with Crippen LogP contribution in [0.25, 0.3) is 11.2 Å². The Hall–Kier alpha value is -2.68. The normalized spacial score (nSPS) is 11.3. The van der Waals surface area contributed by atoms with Gasteiger partial charge in [-0.15, -0.1) is 0 Å². The molecule has 0 radical (unpaired) electrons. The minimum Gasteiger partial charge on any atom is -0.460 e. The number of aromatic amines is 1. The van der Waals surface area contributed by atoms with Gasteiger partial charge in [-0.3, -0.25) is 14.3 Å². The molecule has 0 saturated heterocycles. The van der Waals surface area contributed by atoms with Crippen molar-refractivity contribution in [1.29, 1.82) is 0 Å². The van der Waals surface area contributed by atoms with Crippen LogP contribution in [0.4, 0.5) is 5.95 Å². The van der Waals surface area contributed by atoms with Gasteiger partial charge in [0.25, 0.3) is 5.56 Å². The number of esters is 1. The van der Waals surface area contributed by atoms with E-state index in [-0.39, 0.29) is 31.4 Å². The molecule has 0 atom stereocenters. The van der Waals surface area contributed by atoms with Crippen molar-refractivity contribution < 1.29 is 14.3 Å². The lowest BCUT2D eigenvalue weighted by atomic mass is 10.5. The predicted octanol–water partition coefficient (Wildman–Crippen LogP) is -0.205. The predicted molar refractivity (Wildman–Crippen MR) is 74.3 cm³/mol. The fraction of sp³-hybridized carbons (Fsp3) is 0.333. The molecule has 112 valence electrons. The maximum Gasteiger partial charge on any atom is 0.330 e. The Morgan fingerprint density at radius 3 is 3.10 bits per heavy atom. The molecule has 2 aromatic heterocycles. The lowest BCUT2D eigenvalue weighted by Gasteiger charge is -2.06. The fourth-order valence-corrected chi connectivity index (χ4v) is 1.61. The van der Waals surface area contributed by atoms with Crippen molar-refractivity contribution in [3.05, 3.63) is 28.8 Å². The summed E-state index contributed by atoms with van der Waals surface area (Å²) < 4.78 is 11.7. The highest BCUT2D eigenvalue weighted by Crippen LogP contribution is 2.06. The molecule has 0 saturated carbocycles. The number of nitrogen functional groups attached to an aromatic ring is 1. The minimum atomic E-state index is -0.421. The average molecular weight is 293 g/mol. The van der Waals surface area contributed by atoms with E-state index in [2.05, 4.69) is 15.0 Å². The number of aromatic nitrogens is 4. The van der Waals surface area contributed by atoms with Crippen LogP contribution in [0.3, 0.4) is 0 Å². The summed E-state index contributed by atoms with van der Waals surface area (Å²) in [4.78, 5) is 32.9. The first-order valence-electron chi connectivity index (χ1n) is 6.19. The highest BCUT2D eigenvalue weighted by molar-refractivity contribution is 5.81. The van der Waals surface area contributed by atoms with Gasteiger partial charge >= 0.3 is 5.97 Å². The molecular formula is C12H15N5O4. The Morgan fingerprint density at radius 1 is 1.52 bits per heavy atom. The Kier molecular flexibility index (Phi) is 4.67. The third-order valence-electron chi connectivity index (χ3n) is 2.50. The fourth-order valence-electron chi connectivity index (χ4n) is 1.61. The molecule has 0 aromatic carbocycles. The molecule has 0 aliphatic heterocycles.